The van der Waals surface area contributed by atoms with Gasteiger partial charge in [-0.3, -0.25) is 23.9 Å². The van der Waals surface area contributed by atoms with Crippen molar-refractivity contribution in [1.29, 1.82) is 0 Å². The molecule has 11 heteroatoms. The quantitative estimate of drug-likeness (QED) is 0.589. The summed E-state index contributed by atoms with van der Waals surface area (Å²) in [6, 6.07) is 0. The largest absolute Gasteiger partial charge is 0.500 e. The number of likely N-dealkylation sites (N-methyl/N-ethyl adjacent to an activating group) is 2. The number of hydrogen-bond acceptors (Lipinski definition) is 6. The first-order chi connectivity index (χ1) is 11.6. The average molecular weight is 353 g/mol. The first kappa shape index (κ1) is 18.2. The van der Waals surface area contributed by atoms with Crippen molar-refractivity contribution in [2.45, 2.75) is 13.0 Å². The number of hydrogen-bond donors (Lipinski definition) is 2. The lowest BCUT2D eigenvalue weighted by molar-refractivity contribution is -0.142. The van der Waals surface area contributed by atoms with Crippen molar-refractivity contribution in [2.24, 2.45) is 0 Å². The molecule has 25 heavy (non-hydrogen) atoms. The fraction of sp³-hybridized carbons (Fsp3) is 0.500. The van der Waals surface area contributed by atoms with E-state index in [1.807, 2.05) is 0 Å². The molecule has 0 spiro atoms. The highest BCUT2D eigenvalue weighted by Gasteiger charge is 2.28. The SMILES string of the molecule is CN(C)C(=O)C(=O)N(C)c1nc2n(c(=O)c1O)CCN(C(=O)O)CC2. The van der Waals surface area contributed by atoms with Gasteiger partial charge < -0.3 is 20.0 Å². The Balaban J connectivity index is 2.42. The monoisotopic (exact) mass is 353 g/mol. The maximum atomic E-state index is 12.4. The minimum absolute atomic E-state index is 0.0373. The summed E-state index contributed by atoms with van der Waals surface area (Å²) in [6.07, 6.45) is -0.979. The Morgan fingerprint density at radius 2 is 1.72 bits per heavy atom. The minimum Gasteiger partial charge on any atom is -0.500 e. The van der Waals surface area contributed by atoms with E-state index in [4.69, 9.17) is 5.11 Å². The Labute approximate surface area is 142 Å². The summed E-state index contributed by atoms with van der Waals surface area (Å²) < 4.78 is 1.17. The van der Waals surface area contributed by atoms with Crippen LogP contribution in [0.4, 0.5) is 10.6 Å². The molecule has 2 N–H and O–H groups in total. The van der Waals surface area contributed by atoms with Crippen LogP contribution in [0, 0.1) is 0 Å². The molecule has 0 unspecified atom stereocenters. The van der Waals surface area contributed by atoms with Gasteiger partial charge in [-0.25, -0.2) is 9.78 Å². The lowest BCUT2D eigenvalue weighted by atomic mass is 10.3. The van der Waals surface area contributed by atoms with Gasteiger partial charge in [-0.2, -0.15) is 0 Å². The van der Waals surface area contributed by atoms with Crippen LogP contribution in [0.5, 0.6) is 5.75 Å². The normalized spacial score (nSPS) is 13.6. The molecule has 1 aromatic heterocycles. The second-order valence-corrected chi connectivity index (χ2v) is 5.74. The van der Waals surface area contributed by atoms with Gasteiger partial charge in [0.05, 0.1) is 0 Å². The van der Waals surface area contributed by atoms with Crippen molar-refractivity contribution in [3.63, 3.8) is 0 Å². The summed E-state index contributed by atoms with van der Waals surface area (Å²) in [5.41, 5.74) is -0.788. The highest BCUT2D eigenvalue weighted by molar-refractivity contribution is 6.40. The van der Waals surface area contributed by atoms with Crippen molar-refractivity contribution >= 4 is 23.7 Å². The Morgan fingerprint density at radius 3 is 2.28 bits per heavy atom. The van der Waals surface area contributed by atoms with Gasteiger partial charge in [-0.1, -0.05) is 0 Å². The molecule has 2 rings (SSSR count). The second kappa shape index (κ2) is 6.79. The molecule has 0 aliphatic carbocycles. The number of amides is 3. The third-order valence-corrected chi connectivity index (χ3v) is 3.89. The number of carbonyl (C=O) groups excluding carboxylic acids is 2. The predicted octanol–water partition coefficient (Wildman–Crippen LogP) is -1.46. The summed E-state index contributed by atoms with van der Waals surface area (Å²) >= 11 is 0. The average Bonchev–Trinajstić information content (AvgIpc) is 2.78. The molecule has 0 saturated heterocycles. The third kappa shape index (κ3) is 3.39. The summed E-state index contributed by atoms with van der Waals surface area (Å²) in [7, 11) is 4.02. The molecular formula is C14H19N5O6. The van der Waals surface area contributed by atoms with E-state index >= 15 is 0 Å². The van der Waals surface area contributed by atoms with Crippen molar-refractivity contribution < 1.29 is 24.6 Å². The predicted molar refractivity (Wildman–Crippen MR) is 85.6 cm³/mol. The molecule has 2 heterocycles. The summed E-state index contributed by atoms with van der Waals surface area (Å²) in [4.78, 5) is 54.5. The zero-order valence-electron chi connectivity index (χ0n) is 14.1. The van der Waals surface area contributed by atoms with E-state index in [2.05, 4.69) is 4.98 Å². The zero-order chi connectivity index (χ0) is 18.9. The van der Waals surface area contributed by atoms with Crippen LogP contribution in [0.25, 0.3) is 0 Å². The van der Waals surface area contributed by atoms with Gasteiger partial charge in [0.1, 0.15) is 5.82 Å². The van der Waals surface area contributed by atoms with Crippen molar-refractivity contribution in [3.8, 4) is 5.75 Å². The van der Waals surface area contributed by atoms with Gasteiger partial charge >= 0.3 is 17.9 Å². The number of rotatable bonds is 1. The summed E-state index contributed by atoms with van der Waals surface area (Å²) in [6.45, 7) is 0.243. The molecule has 0 bridgehead atoms. The Bertz CT molecular complexity index is 787. The van der Waals surface area contributed by atoms with Crippen LogP contribution in [0.1, 0.15) is 5.82 Å². The van der Waals surface area contributed by atoms with Gasteiger partial charge in [-0.15, -0.1) is 0 Å². The number of anilines is 1. The Morgan fingerprint density at radius 1 is 1.08 bits per heavy atom. The third-order valence-electron chi connectivity index (χ3n) is 3.89. The number of fused-ring (bicyclic) bond motifs is 1. The summed E-state index contributed by atoms with van der Waals surface area (Å²) in [5.74, 6) is -2.66. The fourth-order valence-corrected chi connectivity index (χ4v) is 2.42. The maximum absolute atomic E-state index is 12.4. The zero-order valence-corrected chi connectivity index (χ0v) is 14.1. The van der Waals surface area contributed by atoms with Gasteiger partial charge in [0, 0.05) is 47.2 Å². The second-order valence-electron chi connectivity index (χ2n) is 5.74. The highest BCUT2D eigenvalue weighted by atomic mass is 16.4. The van der Waals surface area contributed by atoms with E-state index in [9.17, 15) is 24.3 Å². The highest BCUT2D eigenvalue weighted by Crippen LogP contribution is 2.21. The molecule has 0 radical (unpaired) electrons. The van der Waals surface area contributed by atoms with Crippen LogP contribution in [0.3, 0.4) is 0 Å². The molecule has 0 atom stereocenters. The fourth-order valence-electron chi connectivity index (χ4n) is 2.42. The van der Waals surface area contributed by atoms with Crippen LogP contribution >= 0.6 is 0 Å². The van der Waals surface area contributed by atoms with Crippen molar-refractivity contribution in [1.82, 2.24) is 19.4 Å². The van der Waals surface area contributed by atoms with Crippen LogP contribution < -0.4 is 10.5 Å². The number of aromatic hydroxyl groups is 1. The molecule has 0 fully saturated rings. The maximum Gasteiger partial charge on any atom is 0.407 e. The standard InChI is InChI=1S/C14H19N5O6/c1-16(2)12(22)13(23)17(3)10-9(20)11(21)19-7-6-18(14(24)25)5-4-8(19)15-10/h20H,4-7H2,1-3H3,(H,24,25). The smallest absolute Gasteiger partial charge is 0.407 e. The number of carboxylic acid groups (broad SMARTS) is 1. The minimum atomic E-state index is -1.12. The van der Waals surface area contributed by atoms with E-state index in [1.165, 1.54) is 25.7 Å². The molecule has 11 nitrogen and oxygen atoms in total. The molecule has 1 aliphatic rings. The molecule has 136 valence electrons. The lowest BCUT2D eigenvalue weighted by Gasteiger charge is -2.20. The molecule has 0 aromatic carbocycles. The van der Waals surface area contributed by atoms with Gasteiger partial charge in [-0.05, 0) is 0 Å². The topological polar surface area (TPSA) is 136 Å². The molecule has 1 aliphatic heterocycles. The molecular weight excluding hydrogens is 334 g/mol. The van der Waals surface area contributed by atoms with Crippen LogP contribution in [-0.2, 0) is 22.6 Å². The Hall–Kier alpha value is -3.11. The van der Waals surface area contributed by atoms with Crippen LogP contribution in [-0.4, -0.2) is 81.7 Å². The number of nitrogens with zero attached hydrogens (tertiary/aromatic N) is 5. The lowest BCUT2D eigenvalue weighted by Crippen LogP contribution is -2.41. The van der Waals surface area contributed by atoms with Crippen LogP contribution in [0.2, 0.25) is 0 Å². The molecule has 3 amide bonds. The van der Waals surface area contributed by atoms with E-state index in [-0.39, 0.29) is 37.7 Å². The van der Waals surface area contributed by atoms with E-state index in [0.29, 0.717) is 0 Å². The van der Waals surface area contributed by atoms with Crippen molar-refractivity contribution in [3.05, 3.63) is 16.2 Å². The van der Waals surface area contributed by atoms with Gasteiger partial charge in [0.15, 0.2) is 5.82 Å². The van der Waals surface area contributed by atoms with E-state index in [1.54, 1.807) is 0 Å². The molecule has 0 saturated carbocycles. The van der Waals surface area contributed by atoms with E-state index in [0.717, 1.165) is 14.7 Å². The molecule has 1 aromatic rings. The number of aromatic nitrogens is 2. The van der Waals surface area contributed by atoms with Gasteiger partial charge in [0.2, 0.25) is 5.75 Å². The number of carbonyl (C=O) groups is 3. The summed E-state index contributed by atoms with van der Waals surface area (Å²) in [5, 5.41) is 19.2. The van der Waals surface area contributed by atoms with E-state index < -0.39 is 29.2 Å². The first-order valence-electron chi connectivity index (χ1n) is 7.45. The van der Waals surface area contributed by atoms with Gasteiger partial charge in [0.25, 0.3) is 5.56 Å². The Kier molecular flexibility index (Phi) is 4.95. The van der Waals surface area contributed by atoms with Crippen molar-refractivity contribution in [2.75, 3.05) is 39.1 Å². The first-order valence-corrected chi connectivity index (χ1v) is 7.45. The van der Waals surface area contributed by atoms with Crippen LogP contribution in [0.15, 0.2) is 4.79 Å².